The first-order valence-electron chi connectivity index (χ1n) is 23.1. The van der Waals surface area contributed by atoms with Gasteiger partial charge in [-0.25, -0.2) is 0 Å². The van der Waals surface area contributed by atoms with Crippen LogP contribution >= 0.6 is 0 Å². The molecule has 10 rings (SSSR count). The Morgan fingerprint density at radius 1 is 0.525 bits per heavy atom. The largest absolute Gasteiger partial charge is 1.00 e. The van der Waals surface area contributed by atoms with Gasteiger partial charge in [-0.3, -0.25) is 0 Å². The molecule has 0 N–H and O–H groups in total. The zero-order valence-electron chi connectivity index (χ0n) is 39.3. The summed E-state index contributed by atoms with van der Waals surface area (Å²) in [5.41, 5.74) is 16.0. The third-order valence-corrected chi connectivity index (χ3v) is 16.6. The summed E-state index contributed by atoms with van der Waals surface area (Å²) < 4.78 is 1.51. The third kappa shape index (κ3) is 8.27. The molecular formula is C58H69Cl2Zr. The van der Waals surface area contributed by atoms with Crippen LogP contribution < -0.4 is 35.3 Å². The molecule has 319 valence electrons. The van der Waals surface area contributed by atoms with Crippen molar-refractivity contribution in [3.8, 4) is 0 Å². The Balaban J connectivity index is 0.00000281. The Labute approximate surface area is 396 Å². The van der Waals surface area contributed by atoms with Crippen LogP contribution in [0.5, 0.6) is 0 Å². The maximum atomic E-state index is 2.76. The first kappa shape index (κ1) is 46.6. The van der Waals surface area contributed by atoms with Crippen LogP contribution in [0.2, 0.25) is 0 Å². The second-order valence-electron chi connectivity index (χ2n) is 23.8. The molecule has 0 aromatic heterocycles. The molecular weight excluding hydrogens is 859 g/mol. The Morgan fingerprint density at radius 3 is 1.46 bits per heavy atom. The number of fused-ring (bicyclic) bond motifs is 2. The van der Waals surface area contributed by atoms with Crippen molar-refractivity contribution in [3.63, 3.8) is 0 Å². The summed E-state index contributed by atoms with van der Waals surface area (Å²) in [5, 5.41) is 5.77. The summed E-state index contributed by atoms with van der Waals surface area (Å²) in [6.45, 7) is 31.0. The van der Waals surface area contributed by atoms with Crippen molar-refractivity contribution in [1.29, 1.82) is 0 Å². The molecule has 1 unspecified atom stereocenters. The standard InChI is InChI=1S/C58H69.2ClH.Zr/c1-34-24-40(51-41-26-35-25-36(28-41)29-42(51)27-35)31-46(34)53-49-30-39-18-23-45(57(8,9)10)32-47(39)48(49)33-50(58(11,12)13)54(53)52(37-14-19-43(20-15-37)55(2,3)4)38-16-21-44(22-17-38)56(5,6)7;;;/h14-24,31-36,41-42,51H,25-29H2,1-13H3;2*1H;/q;;;+2/p-2. The minimum atomic E-state index is -0.104. The second kappa shape index (κ2) is 16.2. The van der Waals surface area contributed by atoms with Gasteiger partial charge in [-0.1, -0.05) is 0 Å². The molecule has 0 radical (unpaired) electrons. The van der Waals surface area contributed by atoms with Crippen molar-refractivity contribution in [2.75, 3.05) is 0 Å². The van der Waals surface area contributed by atoms with E-state index < -0.39 is 0 Å². The van der Waals surface area contributed by atoms with Crippen molar-refractivity contribution in [2.45, 2.75) is 144 Å². The first-order chi connectivity index (χ1) is 27.6. The molecule has 0 amide bonds. The first-order valence-corrected chi connectivity index (χ1v) is 24.3. The molecule has 4 aromatic carbocycles. The minimum Gasteiger partial charge on any atom is -1.00 e. The Hall–Kier alpha value is -2.44. The van der Waals surface area contributed by atoms with Gasteiger partial charge < -0.3 is 24.8 Å². The fourth-order valence-corrected chi connectivity index (χ4v) is 13.5. The van der Waals surface area contributed by atoms with Gasteiger partial charge in [0.15, 0.2) is 0 Å². The van der Waals surface area contributed by atoms with E-state index in [4.69, 9.17) is 0 Å². The molecule has 0 nitrogen and oxygen atoms in total. The topological polar surface area (TPSA) is 0 Å². The van der Waals surface area contributed by atoms with Gasteiger partial charge in [0.25, 0.3) is 0 Å². The predicted molar refractivity (Wildman–Crippen MR) is 247 cm³/mol. The number of benzene rings is 4. The molecule has 4 saturated carbocycles. The van der Waals surface area contributed by atoms with Gasteiger partial charge in [0.05, 0.1) is 0 Å². The molecule has 0 saturated heterocycles. The zero-order chi connectivity index (χ0) is 42.1. The Bertz CT molecular complexity index is 2560. The van der Waals surface area contributed by atoms with Crippen LogP contribution in [0.15, 0.2) is 90.5 Å². The van der Waals surface area contributed by atoms with E-state index in [0.717, 1.165) is 29.6 Å². The van der Waals surface area contributed by atoms with Crippen LogP contribution in [0, 0.1) is 45.9 Å². The van der Waals surface area contributed by atoms with Crippen molar-refractivity contribution in [1.82, 2.24) is 0 Å². The third-order valence-electron chi connectivity index (χ3n) is 15.3. The average molecular weight is 928 g/mol. The smallest absolute Gasteiger partial charge is 1.00 e. The summed E-state index contributed by atoms with van der Waals surface area (Å²) in [6.07, 6.45) is 12.8. The van der Waals surface area contributed by atoms with Gasteiger partial charge in [0.1, 0.15) is 0 Å². The summed E-state index contributed by atoms with van der Waals surface area (Å²) in [5.74, 6) is 4.79. The average Bonchev–Trinajstić information content (AvgIpc) is 3.65. The Morgan fingerprint density at radius 2 is 1.00 bits per heavy atom. The molecule has 0 heterocycles. The minimum absolute atomic E-state index is 0. The summed E-state index contributed by atoms with van der Waals surface area (Å²) in [6, 6.07) is 29.4. The normalized spacial score (nSPS) is 24.1. The van der Waals surface area contributed by atoms with E-state index in [1.54, 1.807) is 11.1 Å². The monoisotopic (exact) mass is 925 g/mol. The predicted octanol–water partition coefficient (Wildman–Crippen LogP) is 7.47. The van der Waals surface area contributed by atoms with Gasteiger partial charge in [0.2, 0.25) is 0 Å². The summed E-state index contributed by atoms with van der Waals surface area (Å²) in [7, 11) is 0. The van der Waals surface area contributed by atoms with E-state index in [1.165, 1.54) is 131 Å². The van der Waals surface area contributed by atoms with Crippen LogP contribution in [-0.4, -0.2) is 0 Å². The zero-order valence-corrected chi connectivity index (χ0v) is 43.3. The van der Waals surface area contributed by atoms with Crippen molar-refractivity contribution in [3.05, 3.63) is 156 Å². The molecule has 6 aliphatic rings. The van der Waals surface area contributed by atoms with Crippen molar-refractivity contribution < 1.29 is 49.5 Å². The van der Waals surface area contributed by atoms with Crippen LogP contribution in [-0.2, 0) is 46.4 Å². The fraction of sp³-hybridized carbons (Fsp3) is 0.483. The molecule has 61 heavy (non-hydrogen) atoms. The molecule has 4 aromatic rings. The Kier molecular flexibility index (Phi) is 12.4. The summed E-state index contributed by atoms with van der Waals surface area (Å²) in [4.78, 5) is 0. The van der Waals surface area contributed by atoms with Crippen LogP contribution in [0.4, 0.5) is 0 Å². The maximum Gasteiger partial charge on any atom is -1.00 e. The van der Waals surface area contributed by atoms with Crippen molar-refractivity contribution >= 4 is 14.4 Å². The van der Waals surface area contributed by atoms with E-state index in [0.29, 0.717) is 5.92 Å². The molecule has 1 atom stereocenters. The van der Waals surface area contributed by atoms with E-state index in [-0.39, 0.29) is 46.5 Å². The molecule has 6 aliphatic carbocycles. The van der Waals surface area contributed by atoms with Gasteiger partial charge >= 0.3 is 374 Å². The number of hydrogen-bond donors (Lipinski definition) is 0. The number of rotatable bonds is 4. The van der Waals surface area contributed by atoms with Gasteiger partial charge in [0, 0.05) is 0 Å². The molecule has 3 heteroatoms. The van der Waals surface area contributed by atoms with Crippen LogP contribution in [0.1, 0.15) is 167 Å². The quantitative estimate of drug-likeness (QED) is 0.200. The number of allylic oxidation sites excluding steroid dienone is 4. The fourth-order valence-electron chi connectivity index (χ4n) is 12.3. The summed E-state index contributed by atoms with van der Waals surface area (Å²) >= 11 is 1.49. The van der Waals surface area contributed by atoms with Crippen LogP contribution in [0.3, 0.4) is 0 Å². The SMILES string of the molecule is CC1C=C(C2C3CC4CC(C3)CC2C4)C=C1c1c2c(cc(C(C)(C)C)c1=C(c1ccc(C(C)(C)C)cc1)c1ccc(C(C)(C)C)cc1)=c1cc(C(C)(C)C)ccc1=[C]2[Zr+2].[Cl-].[Cl-]. The number of halogens is 2. The van der Waals surface area contributed by atoms with Gasteiger partial charge in [-0.15, -0.1) is 0 Å². The van der Waals surface area contributed by atoms with Crippen molar-refractivity contribution in [2.24, 2.45) is 35.5 Å². The molecule has 4 bridgehead atoms. The van der Waals surface area contributed by atoms with Gasteiger partial charge in [-0.05, 0) is 0 Å². The molecule has 4 fully saturated rings. The molecule has 0 spiro atoms. The van der Waals surface area contributed by atoms with E-state index >= 15 is 0 Å². The van der Waals surface area contributed by atoms with E-state index in [9.17, 15) is 0 Å². The van der Waals surface area contributed by atoms with E-state index in [2.05, 4.69) is 175 Å². The molecule has 0 aliphatic heterocycles. The van der Waals surface area contributed by atoms with Crippen LogP contribution in [0.25, 0.3) is 14.4 Å². The number of hydrogen-bond acceptors (Lipinski definition) is 0. The van der Waals surface area contributed by atoms with Gasteiger partial charge in [-0.2, -0.15) is 0 Å². The van der Waals surface area contributed by atoms with E-state index in [1.807, 2.05) is 0 Å². The maximum absolute atomic E-state index is 2.76. The second-order valence-corrected chi connectivity index (χ2v) is 25.0.